The van der Waals surface area contributed by atoms with Crippen LogP contribution in [0.4, 0.5) is 0 Å². The number of fused-ring (bicyclic) bond motifs is 5. The predicted molar refractivity (Wildman–Crippen MR) is 129 cm³/mol. The summed E-state index contributed by atoms with van der Waals surface area (Å²) in [5.41, 5.74) is 2.71. The second-order valence-electron chi connectivity index (χ2n) is 15.4. The van der Waals surface area contributed by atoms with Crippen molar-refractivity contribution >= 4 is 0 Å². The Morgan fingerprint density at radius 2 is 1.32 bits per heavy atom. The molecule has 5 aliphatic carbocycles. The zero-order chi connectivity index (χ0) is 22.2. The fourth-order valence-corrected chi connectivity index (χ4v) is 12.5. The molecule has 0 bridgehead atoms. The van der Waals surface area contributed by atoms with Crippen molar-refractivity contribution in [3.05, 3.63) is 0 Å². The third-order valence-corrected chi connectivity index (χ3v) is 14.0. The summed E-state index contributed by atoms with van der Waals surface area (Å²) in [6.07, 6.45) is 15.0. The quantitative estimate of drug-likeness (QED) is 0.384. The molecule has 176 valence electrons. The Morgan fingerprint density at radius 3 is 2.03 bits per heavy atom. The van der Waals surface area contributed by atoms with Crippen molar-refractivity contribution in [2.24, 2.45) is 56.7 Å². The SMILES string of the molecule is CC(C)[C@H]1C[C@H]2O[C@]23[C@H]2CC[C@@H]4[C@@]5(C)CCCC(C)(C)[C@@H]5CC[C@@]4(C)[C@]2(C)CC[C@]13C. The van der Waals surface area contributed by atoms with Gasteiger partial charge in [0.05, 0.1) is 6.10 Å². The van der Waals surface area contributed by atoms with Gasteiger partial charge < -0.3 is 4.74 Å². The molecule has 1 aliphatic heterocycles. The summed E-state index contributed by atoms with van der Waals surface area (Å²) in [5.74, 6) is 4.31. The fourth-order valence-electron chi connectivity index (χ4n) is 12.5. The van der Waals surface area contributed by atoms with Crippen LogP contribution >= 0.6 is 0 Å². The molecule has 1 heterocycles. The standard InChI is InChI=1S/C30H50O/c1-19(2)20-18-24-30(31-24)23-11-10-22-26(5)14-9-13-25(3,4)21(26)12-15-28(22,7)29(23,8)17-16-27(20,30)6/h19-24H,9-18H2,1-8H3/t20-,21+,22-,23+,24-,26+,27-,28-,29-,30-/m1/s1. The molecular weight excluding hydrogens is 376 g/mol. The van der Waals surface area contributed by atoms with Gasteiger partial charge in [-0.25, -0.2) is 0 Å². The smallest absolute Gasteiger partial charge is 0.104 e. The lowest BCUT2D eigenvalue weighted by atomic mass is 9.32. The van der Waals surface area contributed by atoms with Crippen LogP contribution in [0.5, 0.6) is 0 Å². The second-order valence-corrected chi connectivity index (χ2v) is 15.4. The average Bonchev–Trinajstić information content (AvgIpc) is 3.32. The van der Waals surface area contributed by atoms with E-state index in [0.29, 0.717) is 33.2 Å². The molecule has 10 atom stereocenters. The van der Waals surface area contributed by atoms with Crippen LogP contribution in [0.2, 0.25) is 0 Å². The van der Waals surface area contributed by atoms with Gasteiger partial charge in [0.2, 0.25) is 0 Å². The Hall–Kier alpha value is -0.0400. The zero-order valence-corrected chi connectivity index (χ0v) is 21.9. The zero-order valence-electron chi connectivity index (χ0n) is 21.9. The van der Waals surface area contributed by atoms with Crippen molar-refractivity contribution < 1.29 is 4.74 Å². The van der Waals surface area contributed by atoms with E-state index in [0.717, 1.165) is 29.6 Å². The number of hydrogen-bond donors (Lipinski definition) is 0. The van der Waals surface area contributed by atoms with Gasteiger partial charge in [0.1, 0.15) is 5.60 Å². The summed E-state index contributed by atoms with van der Waals surface area (Å²) >= 11 is 0. The first-order valence-corrected chi connectivity index (χ1v) is 14.0. The third kappa shape index (κ3) is 2.21. The molecule has 0 aromatic heterocycles. The molecule has 1 spiro atoms. The Bertz CT molecular complexity index is 783. The van der Waals surface area contributed by atoms with E-state index in [1.165, 1.54) is 64.2 Å². The first-order chi connectivity index (χ1) is 14.4. The Balaban J connectivity index is 1.40. The molecule has 1 saturated heterocycles. The lowest BCUT2D eigenvalue weighted by molar-refractivity contribution is -0.242. The van der Waals surface area contributed by atoms with Gasteiger partial charge in [-0.1, -0.05) is 61.8 Å². The van der Waals surface area contributed by atoms with Gasteiger partial charge in [-0.15, -0.1) is 0 Å². The number of ether oxygens (including phenoxy) is 1. The Kier molecular flexibility index (Phi) is 4.13. The molecule has 1 nitrogen and oxygen atoms in total. The molecule has 6 aliphatic rings. The van der Waals surface area contributed by atoms with Crippen LogP contribution in [0.25, 0.3) is 0 Å². The summed E-state index contributed by atoms with van der Waals surface area (Å²) in [7, 11) is 0. The van der Waals surface area contributed by atoms with E-state index in [4.69, 9.17) is 4.74 Å². The van der Waals surface area contributed by atoms with Crippen LogP contribution in [0.3, 0.4) is 0 Å². The maximum atomic E-state index is 6.85. The minimum atomic E-state index is 0.229. The minimum Gasteiger partial charge on any atom is -0.365 e. The van der Waals surface area contributed by atoms with Gasteiger partial charge in [0.25, 0.3) is 0 Å². The molecular formula is C30H50O. The van der Waals surface area contributed by atoms with Crippen molar-refractivity contribution in [2.75, 3.05) is 0 Å². The molecule has 0 radical (unpaired) electrons. The highest BCUT2D eigenvalue weighted by Crippen LogP contribution is 2.82. The first-order valence-electron chi connectivity index (χ1n) is 14.0. The maximum absolute atomic E-state index is 6.85. The fraction of sp³-hybridized carbons (Fsp3) is 1.00. The van der Waals surface area contributed by atoms with Gasteiger partial charge in [0, 0.05) is 5.41 Å². The lowest BCUT2D eigenvalue weighted by Crippen LogP contribution is -2.67. The van der Waals surface area contributed by atoms with E-state index in [1.54, 1.807) is 0 Å². The van der Waals surface area contributed by atoms with Crippen molar-refractivity contribution in [3.8, 4) is 0 Å². The monoisotopic (exact) mass is 426 g/mol. The molecule has 5 saturated carbocycles. The summed E-state index contributed by atoms with van der Waals surface area (Å²) in [6, 6.07) is 0. The van der Waals surface area contributed by atoms with E-state index in [1.807, 2.05) is 0 Å². The van der Waals surface area contributed by atoms with Crippen LogP contribution < -0.4 is 0 Å². The van der Waals surface area contributed by atoms with Gasteiger partial charge in [0.15, 0.2) is 0 Å². The van der Waals surface area contributed by atoms with E-state index in [2.05, 4.69) is 55.4 Å². The molecule has 6 fully saturated rings. The molecule has 0 amide bonds. The topological polar surface area (TPSA) is 12.5 Å². The molecule has 6 rings (SSSR count). The lowest BCUT2D eigenvalue weighted by Gasteiger charge is -2.72. The normalized spacial score (nSPS) is 61.6. The van der Waals surface area contributed by atoms with Gasteiger partial charge in [-0.2, -0.15) is 0 Å². The molecule has 0 unspecified atom stereocenters. The van der Waals surface area contributed by atoms with Crippen molar-refractivity contribution in [1.29, 1.82) is 0 Å². The number of hydrogen-bond acceptors (Lipinski definition) is 1. The average molecular weight is 427 g/mol. The highest BCUT2D eigenvalue weighted by atomic mass is 16.6. The van der Waals surface area contributed by atoms with E-state index in [9.17, 15) is 0 Å². The second kappa shape index (κ2) is 5.95. The van der Waals surface area contributed by atoms with E-state index >= 15 is 0 Å². The molecule has 0 aromatic carbocycles. The minimum absolute atomic E-state index is 0.229. The third-order valence-electron chi connectivity index (χ3n) is 14.0. The predicted octanol–water partition coefficient (Wildman–Crippen LogP) is 8.27. The van der Waals surface area contributed by atoms with E-state index in [-0.39, 0.29) is 5.60 Å². The molecule has 0 aromatic rings. The summed E-state index contributed by atoms with van der Waals surface area (Å²) in [4.78, 5) is 0. The Labute approximate surface area is 192 Å². The van der Waals surface area contributed by atoms with E-state index < -0.39 is 0 Å². The van der Waals surface area contributed by atoms with Crippen LogP contribution in [0, 0.1) is 56.7 Å². The first kappa shape index (κ1) is 21.5. The van der Waals surface area contributed by atoms with Gasteiger partial charge in [-0.05, 0) is 109 Å². The van der Waals surface area contributed by atoms with Crippen molar-refractivity contribution in [2.45, 2.75) is 131 Å². The summed E-state index contributed by atoms with van der Waals surface area (Å²) in [6.45, 7) is 21.1. The summed E-state index contributed by atoms with van der Waals surface area (Å²) in [5, 5.41) is 0. The van der Waals surface area contributed by atoms with Crippen LogP contribution in [-0.4, -0.2) is 11.7 Å². The molecule has 1 heteroatoms. The highest BCUT2D eigenvalue weighted by molar-refractivity contribution is 5.31. The van der Waals surface area contributed by atoms with Crippen molar-refractivity contribution in [1.82, 2.24) is 0 Å². The number of epoxide rings is 1. The maximum Gasteiger partial charge on any atom is 0.104 e. The van der Waals surface area contributed by atoms with Crippen LogP contribution in [0.15, 0.2) is 0 Å². The largest absolute Gasteiger partial charge is 0.365 e. The molecule has 0 N–H and O–H groups in total. The Morgan fingerprint density at radius 1 is 0.677 bits per heavy atom. The number of rotatable bonds is 1. The van der Waals surface area contributed by atoms with Crippen molar-refractivity contribution in [3.63, 3.8) is 0 Å². The van der Waals surface area contributed by atoms with Crippen LogP contribution in [-0.2, 0) is 4.74 Å². The summed E-state index contributed by atoms with van der Waals surface area (Å²) < 4.78 is 6.85. The van der Waals surface area contributed by atoms with Gasteiger partial charge in [-0.3, -0.25) is 0 Å². The van der Waals surface area contributed by atoms with Crippen LogP contribution in [0.1, 0.15) is 120 Å². The highest BCUT2D eigenvalue weighted by Gasteiger charge is 2.83. The molecule has 31 heavy (non-hydrogen) atoms. The van der Waals surface area contributed by atoms with Gasteiger partial charge >= 0.3 is 0 Å².